The summed E-state index contributed by atoms with van der Waals surface area (Å²) in [4.78, 5) is 12.6. The minimum Gasteiger partial charge on any atom is -0.348 e. The number of benzene rings is 1. The van der Waals surface area contributed by atoms with E-state index >= 15 is 0 Å². The predicted octanol–water partition coefficient (Wildman–Crippen LogP) is 3.13. The van der Waals surface area contributed by atoms with Crippen molar-refractivity contribution in [3.05, 3.63) is 46.7 Å². The van der Waals surface area contributed by atoms with E-state index in [0.29, 0.717) is 10.6 Å². The molecule has 0 spiro atoms. The lowest BCUT2D eigenvalue weighted by atomic mass is 9.99. The highest BCUT2D eigenvalue weighted by Gasteiger charge is 2.24. The lowest BCUT2D eigenvalue weighted by Crippen LogP contribution is -2.51. The molecule has 24 heavy (non-hydrogen) atoms. The van der Waals surface area contributed by atoms with Gasteiger partial charge in [-0.3, -0.25) is 4.79 Å². The average molecular weight is 369 g/mol. The molecule has 1 fully saturated rings. The molecule has 2 heterocycles. The minimum absolute atomic E-state index is 0. The molecule has 130 valence electrons. The number of piperidine rings is 1. The SMILES string of the molecule is Cc1c(C(=O)NC2CCCNC2C)cnn1-c1ccccc1Cl.Cl. The van der Waals surface area contributed by atoms with E-state index in [1.165, 1.54) is 0 Å². The molecule has 0 saturated carbocycles. The molecule has 2 aromatic rings. The van der Waals surface area contributed by atoms with Gasteiger partial charge in [0.15, 0.2) is 0 Å². The predicted molar refractivity (Wildman–Crippen MR) is 98.5 cm³/mol. The van der Waals surface area contributed by atoms with Crippen molar-refractivity contribution in [2.45, 2.75) is 38.8 Å². The molecular weight excluding hydrogens is 347 g/mol. The smallest absolute Gasteiger partial charge is 0.255 e. The van der Waals surface area contributed by atoms with Gasteiger partial charge in [-0.2, -0.15) is 5.10 Å². The highest BCUT2D eigenvalue weighted by Crippen LogP contribution is 2.22. The molecule has 0 aliphatic carbocycles. The molecule has 1 aliphatic rings. The van der Waals surface area contributed by atoms with Crippen molar-refractivity contribution in [1.82, 2.24) is 20.4 Å². The number of hydrogen-bond acceptors (Lipinski definition) is 3. The second-order valence-corrected chi connectivity index (χ2v) is 6.38. The molecule has 1 aromatic carbocycles. The molecular formula is C17H22Cl2N4O. The molecule has 2 N–H and O–H groups in total. The Bertz CT molecular complexity index is 716. The lowest BCUT2D eigenvalue weighted by Gasteiger charge is -2.30. The van der Waals surface area contributed by atoms with Crippen molar-refractivity contribution in [2.75, 3.05) is 6.54 Å². The summed E-state index contributed by atoms with van der Waals surface area (Å²) in [5.41, 5.74) is 2.15. The number of nitrogens with zero attached hydrogens (tertiary/aromatic N) is 2. The Morgan fingerprint density at radius 1 is 1.42 bits per heavy atom. The third kappa shape index (κ3) is 3.74. The number of para-hydroxylation sites is 1. The fourth-order valence-corrected chi connectivity index (χ4v) is 3.20. The van der Waals surface area contributed by atoms with Gasteiger partial charge in [-0.1, -0.05) is 23.7 Å². The Hall–Kier alpha value is -1.56. The zero-order chi connectivity index (χ0) is 16.4. The topological polar surface area (TPSA) is 59.0 Å². The number of carbonyl (C=O) groups excluding carboxylic acids is 1. The van der Waals surface area contributed by atoms with Crippen LogP contribution in [0.2, 0.25) is 5.02 Å². The third-order valence-electron chi connectivity index (χ3n) is 4.41. The van der Waals surface area contributed by atoms with E-state index in [-0.39, 0.29) is 30.4 Å². The molecule has 0 radical (unpaired) electrons. The molecule has 3 rings (SSSR count). The van der Waals surface area contributed by atoms with Crippen LogP contribution in [0, 0.1) is 6.92 Å². The van der Waals surface area contributed by atoms with Crippen LogP contribution in [0.1, 0.15) is 35.8 Å². The molecule has 5 nitrogen and oxygen atoms in total. The zero-order valence-corrected chi connectivity index (χ0v) is 15.3. The van der Waals surface area contributed by atoms with E-state index in [2.05, 4.69) is 22.7 Å². The highest BCUT2D eigenvalue weighted by atomic mass is 35.5. The Morgan fingerprint density at radius 3 is 2.88 bits per heavy atom. The lowest BCUT2D eigenvalue weighted by molar-refractivity contribution is 0.0919. The number of carbonyl (C=O) groups is 1. The number of rotatable bonds is 3. The van der Waals surface area contributed by atoms with E-state index in [1.54, 1.807) is 10.9 Å². The maximum absolute atomic E-state index is 12.6. The first kappa shape index (κ1) is 18.8. The molecule has 1 saturated heterocycles. The van der Waals surface area contributed by atoms with E-state index in [9.17, 15) is 4.79 Å². The molecule has 1 aromatic heterocycles. The Labute approximate surface area is 153 Å². The number of nitrogens with one attached hydrogen (secondary N) is 2. The summed E-state index contributed by atoms with van der Waals surface area (Å²) in [7, 11) is 0. The van der Waals surface area contributed by atoms with Crippen LogP contribution in [0.25, 0.3) is 5.69 Å². The van der Waals surface area contributed by atoms with Crippen LogP contribution in [-0.2, 0) is 0 Å². The normalized spacial score (nSPS) is 20.3. The second-order valence-electron chi connectivity index (χ2n) is 5.97. The van der Waals surface area contributed by atoms with Crippen LogP contribution in [-0.4, -0.2) is 34.3 Å². The van der Waals surface area contributed by atoms with Crippen molar-refractivity contribution < 1.29 is 4.79 Å². The fourth-order valence-electron chi connectivity index (χ4n) is 2.99. The summed E-state index contributed by atoms with van der Waals surface area (Å²) < 4.78 is 1.71. The second kappa shape index (κ2) is 8.01. The summed E-state index contributed by atoms with van der Waals surface area (Å²) in [5, 5.41) is 11.4. The van der Waals surface area contributed by atoms with Gasteiger partial charge in [0.05, 0.1) is 28.2 Å². The van der Waals surface area contributed by atoms with Crippen molar-refractivity contribution in [3.8, 4) is 5.69 Å². The average Bonchev–Trinajstić information content (AvgIpc) is 2.92. The van der Waals surface area contributed by atoms with Gasteiger partial charge in [0.2, 0.25) is 0 Å². The third-order valence-corrected chi connectivity index (χ3v) is 4.73. The minimum atomic E-state index is -0.0821. The summed E-state index contributed by atoms with van der Waals surface area (Å²) in [5.74, 6) is -0.0821. The summed E-state index contributed by atoms with van der Waals surface area (Å²) >= 11 is 6.22. The maximum atomic E-state index is 12.6. The number of halogens is 2. The largest absolute Gasteiger partial charge is 0.348 e. The molecule has 1 aliphatic heterocycles. The van der Waals surface area contributed by atoms with Crippen LogP contribution >= 0.6 is 24.0 Å². The van der Waals surface area contributed by atoms with Gasteiger partial charge in [-0.15, -0.1) is 12.4 Å². The monoisotopic (exact) mass is 368 g/mol. The van der Waals surface area contributed by atoms with Gasteiger partial charge < -0.3 is 10.6 Å². The van der Waals surface area contributed by atoms with Crippen LogP contribution < -0.4 is 10.6 Å². The van der Waals surface area contributed by atoms with E-state index in [1.807, 2.05) is 31.2 Å². The first-order valence-corrected chi connectivity index (χ1v) is 8.29. The fraction of sp³-hybridized carbons (Fsp3) is 0.412. The van der Waals surface area contributed by atoms with E-state index in [0.717, 1.165) is 30.8 Å². The van der Waals surface area contributed by atoms with Crippen molar-refractivity contribution in [2.24, 2.45) is 0 Å². The standard InChI is InChI=1S/C17H21ClN4O.ClH/c1-11-15(7-5-9-19-11)21-17(23)13-10-20-22(12(13)2)16-8-4-3-6-14(16)18;/h3-4,6,8,10-11,15,19H,5,7,9H2,1-2H3,(H,21,23);1H. The number of amides is 1. The van der Waals surface area contributed by atoms with Gasteiger partial charge in [-0.25, -0.2) is 4.68 Å². The summed E-state index contributed by atoms with van der Waals surface area (Å²) in [6.45, 7) is 4.99. The molecule has 1 amide bonds. The van der Waals surface area contributed by atoms with Gasteiger partial charge in [-0.05, 0) is 45.4 Å². The van der Waals surface area contributed by atoms with Crippen molar-refractivity contribution >= 4 is 29.9 Å². The quantitative estimate of drug-likeness (QED) is 0.874. The zero-order valence-electron chi connectivity index (χ0n) is 13.8. The van der Waals surface area contributed by atoms with Crippen LogP contribution in [0.5, 0.6) is 0 Å². The van der Waals surface area contributed by atoms with Gasteiger partial charge in [0.25, 0.3) is 5.91 Å². The molecule has 2 unspecified atom stereocenters. The Kier molecular flexibility index (Phi) is 6.27. The summed E-state index contributed by atoms with van der Waals surface area (Å²) in [6, 6.07) is 7.91. The molecule has 7 heteroatoms. The van der Waals surface area contributed by atoms with Crippen molar-refractivity contribution in [1.29, 1.82) is 0 Å². The summed E-state index contributed by atoms with van der Waals surface area (Å²) in [6.07, 6.45) is 3.68. The first-order valence-electron chi connectivity index (χ1n) is 7.91. The molecule has 2 atom stereocenters. The van der Waals surface area contributed by atoms with Crippen LogP contribution in [0.4, 0.5) is 0 Å². The van der Waals surface area contributed by atoms with Crippen LogP contribution in [0.3, 0.4) is 0 Å². The Balaban J connectivity index is 0.00000208. The number of hydrogen-bond donors (Lipinski definition) is 2. The van der Waals surface area contributed by atoms with E-state index < -0.39 is 0 Å². The number of aromatic nitrogens is 2. The highest BCUT2D eigenvalue weighted by molar-refractivity contribution is 6.32. The first-order chi connectivity index (χ1) is 11.1. The molecule has 0 bridgehead atoms. The van der Waals surface area contributed by atoms with Crippen LogP contribution in [0.15, 0.2) is 30.5 Å². The van der Waals surface area contributed by atoms with Crippen molar-refractivity contribution in [3.63, 3.8) is 0 Å². The maximum Gasteiger partial charge on any atom is 0.255 e. The van der Waals surface area contributed by atoms with E-state index in [4.69, 9.17) is 11.6 Å². The Morgan fingerprint density at radius 2 is 2.17 bits per heavy atom. The van der Waals surface area contributed by atoms with Gasteiger partial charge in [0.1, 0.15) is 0 Å². The van der Waals surface area contributed by atoms with Gasteiger partial charge in [0, 0.05) is 12.1 Å². The van der Waals surface area contributed by atoms with Gasteiger partial charge >= 0.3 is 0 Å².